The van der Waals surface area contributed by atoms with Crippen LogP contribution in [-0.2, 0) is 0 Å². The van der Waals surface area contributed by atoms with Crippen molar-refractivity contribution in [3.8, 4) is 11.8 Å². The van der Waals surface area contributed by atoms with Crippen molar-refractivity contribution in [1.82, 2.24) is 20.3 Å². The molecule has 1 amide bonds. The Morgan fingerprint density at radius 3 is 2.69 bits per heavy atom. The maximum Gasteiger partial charge on any atom is 0.253 e. The molecule has 1 aromatic carbocycles. The molecule has 1 N–H and O–H groups in total. The average Bonchev–Trinajstić information content (AvgIpc) is 3.31. The number of ether oxygens (including phenoxy) is 2. The van der Waals surface area contributed by atoms with Gasteiger partial charge in [-0.15, -0.1) is 0 Å². The fourth-order valence-electron chi connectivity index (χ4n) is 5.15. The second-order valence-corrected chi connectivity index (χ2v) is 8.53. The third-order valence-corrected chi connectivity index (χ3v) is 6.74. The first-order valence-electron chi connectivity index (χ1n) is 10.9. The first-order valence-corrected chi connectivity index (χ1v) is 10.9. The number of hydrogen-bond acceptors (Lipinski definition) is 6. The van der Waals surface area contributed by atoms with E-state index in [4.69, 9.17) is 9.47 Å². The zero-order chi connectivity index (χ0) is 22.2. The van der Waals surface area contributed by atoms with E-state index in [2.05, 4.69) is 27.2 Å². The van der Waals surface area contributed by atoms with E-state index in [1.807, 2.05) is 0 Å². The monoisotopic (exact) mass is 436 g/mol. The van der Waals surface area contributed by atoms with Gasteiger partial charge in [0.05, 0.1) is 23.6 Å². The Kier molecular flexibility index (Phi) is 5.36. The summed E-state index contributed by atoms with van der Waals surface area (Å²) in [7, 11) is 1.55. The van der Waals surface area contributed by atoms with Crippen LogP contribution in [0.1, 0.15) is 36.5 Å². The smallest absolute Gasteiger partial charge is 0.253 e. The number of halogens is 1. The van der Waals surface area contributed by atoms with Gasteiger partial charge in [-0.25, -0.2) is 19.3 Å². The summed E-state index contributed by atoms with van der Waals surface area (Å²) in [5.41, 5.74) is 1.19. The molecule has 8 heteroatoms. The maximum atomic E-state index is 13.7. The van der Waals surface area contributed by atoms with E-state index in [0.717, 1.165) is 19.3 Å². The maximum absolute atomic E-state index is 13.7. The van der Waals surface area contributed by atoms with Crippen LogP contribution >= 0.6 is 0 Å². The van der Waals surface area contributed by atoms with Gasteiger partial charge in [-0.1, -0.05) is 6.92 Å². The van der Waals surface area contributed by atoms with Crippen molar-refractivity contribution in [3.05, 3.63) is 54.2 Å². The highest BCUT2D eigenvalue weighted by Gasteiger charge is 2.59. The number of pyridine rings is 1. The van der Waals surface area contributed by atoms with Crippen LogP contribution in [0.5, 0.6) is 11.8 Å². The molecule has 0 aliphatic heterocycles. The summed E-state index contributed by atoms with van der Waals surface area (Å²) in [5, 5.41) is 3.78. The number of nitrogens with one attached hydrogen (secondary N) is 1. The van der Waals surface area contributed by atoms with Crippen LogP contribution in [0.15, 0.2) is 42.9 Å². The Morgan fingerprint density at radius 1 is 1.19 bits per heavy atom. The molecule has 2 fully saturated rings. The molecular weight excluding hydrogens is 411 g/mol. The Morgan fingerprint density at radius 2 is 2.00 bits per heavy atom. The Hall–Kier alpha value is -3.29. The lowest BCUT2D eigenvalue weighted by Crippen LogP contribution is -2.37. The van der Waals surface area contributed by atoms with Crippen LogP contribution in [0.2, 0.25) is 0 Å². The number of amides is 1. The van der Waals surface area contributed by atoms with Crippen molar-refractivity contribution < 1.29 is 18.7 Å². The summed E-state index contributed by atoms with van der Waals surface area (Å²) < 4.78 is 24.9. The molecular formula is C24H25FN4O3. The molecule has 2 heterocycles. The van der Waals surface area contributed by atoms with E-state index in [0.29, 0.717) is 46.0 Å². The van der Waals surface area contributed by atoms with Crippen molar-refractivity contribution >= 4 is 16.8 Å². The fourth-order valence-corrected chi connectivity index (χ4v) is 5.15. The number of hydrogen-bond donors (Lipinski definition) is 1. The van der Waals surface area contributed by atoms with Crippen molar-refractivity contribution in [3.63, 3.8) is 0 Å². The highest BCUT2D eigenvalue weighted by atomic mass is 19.1. The molecule has 3 aromatic rings. The second-order valence-electron chi connectivity index (χ2n) is 8.53. The molecule has 32 heavy (non-hydrogen) atoms. The lowest BCUT2D eigenvalue weighted by Gasteiger charge is -2.22. The molecule has 0 saturated heterocycles. The number of methoxy groups -OCH3 is 1. The van der Waals surface area contributed by atoms with E-state index in [-0.39, 0.29) is 23.9 Å². The normalized spacial score (nSPS) is 24.6. The third kappa shape index (κ3) is 3.85. The lowest BCUT2D eigenvalue weighted by atomic mass is 10.00. The summed E-state index contributed by atoms with van der Waals surface area (Å²) in [5.74, 6) is 1.96. The lowest BCUT2D eigenvalue weighted by molar-refractivity contribution is 0.0923. The minimum absolute atomic E-state index is 0.0432. The van der Waals surface area contributed by atoms with Gasteiger partial charge in [0, 0.05) is 18.3 Å². The molecule has 2 aliphatic carbocycles. The van der Waals surface area contributed by atoms with Gasteiger partial charge >= 0.3 is 0 Å². The average molecular weight is 436 g/mol. The fraction of sp³-hybridized carbons (Fsp3) is 0.417. The molecule has 2 saturated carbocycles. The third-order valence-electron chi connectivity index (χ3n) is 6.74. The number of rotatable bonds is 7. The molecule has 3 unspecified atom stereocenters. The summed E-state index contributed by atoms with van der Waals surface area (Å²) in [6.07, 6.45) is 5.72. The van der Waals surface area contributed by atoms with Gasteiger partial charge in [0.2, 0.25) is 11.8 Å². The highest BCUT2D eigenvalue weighted by Crippen LogP contribution is 2.60. The van der Waals surface area contributed by atoms with Crippen molar-refractivity contribution in [2.24, 2.45) is 17.8 Å². The molecule has 7 nitrogen and oxygen atoms in total. The van der Waals surface area contributed by atoms with Gasteiger partial charge < -0.3 is 14.8 Å². The molecule has 0 radical (unpaired) electrons. The standard InChI is InChI=1S/C24H25FN4O3/c1-3-19(29-23(30)13-4-7-21(31-2)26-11-13)22-16-9-15(10-17(16)22)32-24-18-8-14(25)5-6-20(18)27-12-28-24/h4-8,11-12,15-17,19,22H,3,9-10H2,1-2H3,(H,29,30). The largest absolute Gasteiger partial charge is 0.481 e. The summed E-state index contributed by atoms with van der Waals surface area (Å²) >= 11 is 0. The molecule has 5 rings (SSSR count). The quantitative estimate of drug-likeness (QED) is 0.607. The van der Waals surface area contributed by atoms with Crippen LogP contribution in [0.4, 0.5) is 4.39 Å². The number of carbonyl (C=O) groups is 1. The molecule has 166 valence electrons. The number of fused-ring (bicyclic) bond motifs is 2. The molecule has 2 aliphatic rings. The van der Waals surface area contributed by atoms with Crippen molar-refractivity contribution in [1.29, 1.82) is 0 Å². The van der Waals surface area contributed by atoms with Crippen LogP contribution in [0.3, 0.4) is 0 Å². The second kappa shape index (κ2) is 8.33. The van der Waals surface area contributed by atoms with E-state index in [1.54, 1.807) is 25.3 Å². The van der Waals surface area contributed by atoms with Gasteiger partial charge in [-0.05, 0) is 61.3 Å². The van der Waals surface area contributed by atoms with E-state index < -0.39 is 0 Å². The summed E-state index contributed by atoms with van der Waals surface area (Å²) in [4.78, 5) is 25.2. The zero-order valence-corrected chi connectivity index (χ0v) is 18.0. The minimum atomic E-state index is -0.333. The van der Waals surface area contributed by atoms with Crippen LogP contribution in [0.25, 0.3) is 10.9 Å². The van der Waals surface area contributed by atoms with Crippen LogP contribution < -0.4 is 14.8 Å². The first kappa shape index (κ1) is 20.6. The van der Waals surface area contributed by atoms with E-state index in [1.165, 1.54) is 24.7 Å². The Balaban J connectivity index is 1.20. The minimum Gasteiger partial charge on any atom is -0.481 e. The Labute approximate surface area is 185 Å². The first-order chi connectivity index (χ1) is 15.6. The number of benzene rings is 1. The van der Waals surface area contributed by atoms with Gasteiger partial charge in [-0.2, -0.15) is 0 Å². The highest BCUT2D eigenvalue weighted by molar-refractivity contribution is 5.94. The van der Waals surface area contributed by atoms with E-state index >= 15 is 0 Å². The number of carbonyl (C=O) groups excluding carboxylic acids is 1. The topological polar surface area (TPSA) is 86.2 Å². The van der Waals surface area contributed by atoms with Crippen LogP contribution in [0, 0.1) is 23.6 Å². The zero-order valence-electron chi connectivity index (χ0n) is 18.0. The van der Waals surface area contributed by atoms with Crippen molar-refractivity contribution in [2.45, 2.75) is 38.3 Å². The predicted molar refractivity (Wildman–Crippen MR) is 116 cm³/mol. The molecule has 3 atom stereocenters. The SMILES string of the molecule is CCC(NC(=O)c1ccc(OC)nc1)C1C2CC(Oc3ncnc4ccc(F)cc34)CC21. The Bertz CT molecular complexity index is 1130. The molecule has 0 bridgehead atoms. The van der Waals surface area contributed by atoms with Crippen molar-refractivity contribution in [2.75, 3.05) is 7.11 Å². The van der Waals surface area contributed by atoms with Gasteiger partial charge in [-0.3, -0.25) is 4.79 Å². The molecule has 2 aromatic heterocycles. The van der Waals surface area contributed by atoms with Crippen LogP contribution in [-0.4, -0.2) is 40.1 Å². The molecule has 0 spiro atoms. The van der Waals surface area contributed by atoms with Gasteiger partial charge in [0.1, 0.15) is 18.2 Å². The van der Waals surface area contributed by atoms with Gasteiger partial charge in [0.25, 0.3) is 5.91 Å². The van der Waals surface area contributed by atoms with E-state index in [9.17, 15) is 9.18 Å². The predicted octanol–water partition coefficient (Wildman–Crippen LogP) is 3.78. The van der Waals surface area contributed by atoms with Gasteiger partial charge in [0.15, 0.2) is 0 Å². The summed E-state index contributed by atoms with van der Waals surface area (Å²) in [6, 6.07) is 7.96. The number of aromatic nitrogens is 3. The summed E-state index contributed by atoms with van der Waals surface area (Å²) in [6.45, 7) is 2.10. The number of nitrogens with zero attached hydrogens (tertiary/aromatic N) is 3.